The van der Waals surface area contributed by atoms with Gasteiger partial charge in [0.05, 0.1) is 11.8 Å². The van der Waals surface area contributed by atoms with Gasteiger partial charge in [-0.3, -0.25) is 9.59 Å². The van der Waals surface area contributed by atoms with E-state index in [1.807, 2.05) is 13.8 Å². The second-order valence-corrected chi connectivity index (χ2v) is 9.18. The Balaban J connectivity index is 0.000000151. The molecule has 2 heterocycles. The Morgan fingerprint density at radius 1 is 0.731 bits per heavy atom. The molecule has 1 N–H and O–H groups in total. The topological polar surface area (TPSA) is 72.8 Å². The third-order valence-electron chi connectivity index (χ3n) is 7.68. The molecule has 148 valence electrons. The van der Waals surface area contributed by atoms with Crippen molar-refractivity contribution in [3.8, 4) is 0 Å². The number of aliphatic hydroxyl groups is 1. The van der Waals surface area contributed by atoms with E-state index in [1.165, 1.54) is 12.8 Å². The molecular formula is C21H34O5. The summed E-state index contributed by atoms with van der Waals surface area (Å²) in [6, 6.07) is 0. The number of carbonyl (C=O) groups is 2. The molecule has 0 amide bonds. The maximum Gasteiger partial charge on any atom is 0.311 e. The van der Waals surface area contributed by atoms with Gasteiger partial charge in [-0.05, 0) is 62.2 Å². The zero-order valence-electron chi connectivity index (χ0n) is 16.7. The fourth-order valence-electron chi connectivity index (χ4n) is 5.70. The summed E-state index contributed by atoms with van der Waals surface area (Å²) in [4.78, 5) is 23.1. The van der Waals surface area contributed by atoms with Crippen LogP contribution in [0.4, 0.5) is 0 Å². The summed E-state index contributed by atoms with van der Waals surface area (Å²) >= 11 is 0. The molecule has 0 aromatic heterocycles. The van der Waals surface area contributed by atoms with E-state index >= 15 is 0 Å². The Hall–Kier alpha value is -1.10. The lowest BCUT2D eigenvalue weighted by Gasteiger charge is -2.36. The predicted octanol–water partition coefficient (Wildman–Crippen LogP) is 3.39. The van der Waals surface area contributed by atoms with Gasteiger partial charge in [-0.1, -0.05) is 27.7 Å². The Morgan fingerprint density at radius 3 is 1.73 bits per heavy atom. The molecule has 26 heavy (non-hydrogen) atoms. The summed E-state index contributed by atoms with van der Waals surface area (Å²) in [5, 5.41) is 9.44. The first-order chi connectivity index (χ1) is 12.2. The molecule has 4 fully saturated rings. The molecule has 0 bridgehead atoms. The number of esters is 2. The highest BCUT2D eigenvalue weighted by atomic mass is 16.6. The van der Waals surface area contributed by atoms with E-state index in [1.54, 1.807) is 0 Å². The minimum absolute atomic E-state index is 0.0402. The van der Waals surface area contributed by atoms with Gasteiger partial charge < -0.3 is 14.6 Å². The van der Waals surface area contributed by atoms with Crippen LogP contribution < -0.4 is 0 Å². The lowest BCUT2D eigenvalue weighted by Crippen LogP contribution is -2.43. The largest absolute Gasteiger partial charge is 0.462 e. The maximum atomic E-state index is 11.6. The number of carbonyl (C=O) groups excluding carboxylic acids is 2. The normalized spacial score (nSPS) is 50.1. The van der Waals surface area contributed by atoms with Gasteiger partial charge in [0.1, 0.15) is 6.10 Å². The monoisotopic (exact) mass is 366 g/mol. The molecule has 4 rings (SSSR count). The van der Waals surface area contributed by atoms with Crippen LogP contribution in [0.25, 0.3) is 0 Å². The Labute approximate surface area is 156 Å². The first-order valence-electron chi connectivity index (χ1n) is 10.3. The van der Waals surface area contributed by atoms with Gasteiger partial charge in [0.2, 0.25) is 6.29 Å². The highest BCUT2D eigenvalue weighted by molar-refractivity contribution is 5.75. The van der Waals surface area contributed by atoms with Gasteiger partial charge in [-0.15, -0.1) is 0 Å². The molecule has 0 spiro atoms. The minimum Gasteiger partial charge on any atom is -0.462 e. The Morgan fingerprint density at radius 2 is 1.19 bits per heavy atom. The summed E-state index contributed by atoms with van der Waals surface area (Å²) in [6.07, 6.45) is 3.80. The zero-order chi connectivity index (χ0) is 19.2. The van der Waals surface area contributed by atoms with Gasteiger partial charge in [-0.25, -0.2) is 0 Å². The molecule has 2 saturated carbocycles. The molecule has 4 aliphatic rings. The molecule has 0 aromatic carbocycles. The van der Waals surface area contributed by atoms with Crippen LogP contribution in [-0.4, -0.2) is 29.4 Å². The van der Waals surface area contributed by atoms with Crippen molar-refractivity contribution in [2.75, 3.05) is 0 Å². The van der Waals surface area contributed by atoms with Crippen LogP contribution in [0.1, 0.15) is 60.3 Å². The maximum absolute atomic E-state index is 11.6. The molecule has 2 aliphatic heterocycles. The number of aliphatic hydroxyl groups excluding tert-OH is 1. The molecule has 0 aromatic rings. The standard InChI is InChI=1S/C11H18O2.C10H16O3/c1-6-4-5-9-7(2)8(3)13-11(12)10(6)9;1-5-3-4-7-6(2)9(11)13-10(12)8(5)7/h6-10H,4-5H2,1-3H3;5-9,11H,3-4H2,1-2H3/t6-,7?,8?,9+,10+;5-,6?,7+,8+,9?/m00/s1. The molecule has 2 saturated heterocycles. The molecule has 5 heteroatoms. The number of cyclic esters (lactones) is 2. The van der Waals surface area contributed by atoms with E-state index in [2.05, 4.69) is 20.8 Å². The number of ether oxygens (including phenoxy) is 2. The van der Waals surface area contributed by atoms with Crippen LogP contribution in [0.15, 0.2) is 0 Å². The van der Waals surface area contributed by atoms with Crippen LogP contribution in [0.5, 0.6) is 0 Å². The summed E-state index contributed by atoms with van der Waals surface area (Å²) in [7, 11) is 0. The number of hydrogen-bond acceptors (Lipinski definition) is 5. The lowest BCUT2D eigenvalue weighted by atomic mass is 9.78. The third kappa shape index (κ3) is 3.39. The summed E-state index contributed by atoms with van der Waals surface area (Å²) in [5.74, 6) is 2.64. The highest BCUT2D eigenvalue weighted by Crippen LogP contribution is 2.47. The van der Waals surface area contributed by atoms with Crippen molar-refractivity contribution in [3.63, 3.8) is 0 Å². The van der Waals surface area contributed by atoms with Crippen molar-refractivity contribution in [3.05, 3.63) is 0 Å². The number of rotatable bonds is 0. The number of hydrogen-bond donors (Lipinski definition) is 1. The fourth-order valence-corrected chi connectivity index (χ4v) is 5.70. The van der Waals surface area contributed by atoms with Crippen molar-refractivity contribution in [1.29, 1.82) is 0 Å². The van der Waals surface area contributed by atoms with E-state index in [-0.39, 0.29) is 35.8 Å². The second-order valence-electron chi connectivity index (χ2n) is 9.18. The SMILES string of the molecule is CC1C(O)OC(=O)[C@H]2[C@@H]1CC[C@@H]2C.CC1OC(=O)[C@H]2[C@H](CC[C@@H]2C)C1C. The average Bonchev–Trinajstić information content (AvgIpc) is 3.15. The van der Waals surface area contributed by atoms with E-state index in [9.17, 15) is 14.7 Å². The van der Waals surface area contributed by atoms with Crippen LogP contribution in [-0.2, 0) is 19.1 Å². The van der Waals surface area contributed by atoms with Crippen molar-refractivity contribution >= 4 is 11.9 Å². The second kappa shape index (κ2) is 7.49. The molecule has 10 atom stereocenters. The summed E-state index contributed by atoms with van der Waals surface area (Å²) in [5.41, 5.74) is 0. The van der Waals surface area contributed by atoms with Crippen LogP contribution in [0.2, 0.25) is 0 Å². The Bertz CT molecular complexity index is 499. The van der Waals surface area contributed by atoms with Gasteiger partial charge >= 0.3 is 11.9 Å². The van der Waals surface area contributed by atoms with Crippen molar-refractivity contribution in [2.45, 2.75) is 72.7 Å². The lowest BCUT2D eigenvalue weighted by molar-refractivity contribution is -0.204. The molecule has 2 aliphatic carbocycles. The average molecular weight is 366 g/mol. The van der Waals surface area contributed by atoms with Crippen LogP contribution in [0.3, 0.4) is 0 Å². The van der Waals surface area contributed by atoms with E-state index < -0.39 is 6.29 Å². The fraction of sp³-hybridized carbons (Fsp3) is 0.905. The molecular weight excluding hydrogens is 332 g/mol. The summed E-state index contributed by atoms with van der Waals surface area (Å²) in [6.45, 7) is 10.5. The highest BCUT2D eigenvalue weighted by Gasteiger charge is 2.49. The van der Waals surface area contributed by atoms with E-state index in [0.717, 1.165) is 12.8 Å². The van der Waals surface area contributed by atoms with Gasteiger partial charge in [0, 0.05) is 5.92 Å². The molecule has 0 radical (unpaired) electrons. The third-order valence-corrected chi connectivity index (χ3v) is 7.68. The zero-order valence-corrected chi connectivity index (χ0v) is 16.7. The quantitative estimate of drug-likeness (QED) is 0.665. The van der Waals surface area contributed by atoms with E-state index in [0.29, 0.717) is 29.6 Å². The smallest absolute Gasteiger partial charge is 0.311 e. The van der Waals surface area contributed by atoms with Crippen molar-refractivity contribution in [2.24, 2.45) is 47.3 Å². The predicted molar refractivity (Wildman–Crippen MR) is 96.7 cm³/mol. The molecule has 5 nitrogen and oxygen atoms in total. The van der Waals surface area contributed by atoms with Crippen molar-refractivity contribution in [1.82, 2.24) is 0 Å². The number of fused-ring (bicyclic) bond motifs is 2. The first-order valence-corrected chi connectivity index (χ1v) is 10.3. The van der Waals surface area contributed by atoms with Gasteiger partial charge in [0.25, 0.3) is 0 Å². The molecule has 4 unspecified atom stereocenters. The van der Waals surface area contributed by atoms with Crippen LogP contribution >= 0.6 is 0 Å². The van der Waals surface area contributed by atoms with Gasteiger partial charge in [0.15, 0.2) is 0 Å². The van der Waals surface area contributed by atoms with Crippen molar-refractivity contribution < 1.29 is 24.2 Å². The van der Waals surface area contributed by atoms with Crippen LogP contribution in [0, 0.1) is 47.3 Å². The van der Waals surface area contributed by atoms with E-state index in [4.69, 9.17) is 9.47 Å². The summed E-state index contributed by atoms with van der Waals surface area (Å²) < 4.78 is 10.2. The van der Waals surface area contributed by atoms with Gasteiger partial charge in [-0.2, -0.15) is 0 Å². The first kappa shape index (κ1) is 19.7. The minimum atomic E-state index is -0.876. The Kier molecular flexibility index (Phi) is 5.66.